The molecule has 0 bridgehead atoms. The predicted molar refractivity (Wildman–Crippen MR) is 243 cm³/mol. The average molecular weight is 930 g/mol. The minimum absolute atomic E-state index is 0.0486. The van der Waals surface area contributed by atoms with Gasteiger partial charge in [0, 0.05) is 32.0 Å². The van der Waals surface area contributed by atoms with Crippen molar-refractivity contribution in [1.29, 1.82) is 0 Å². The second kappa shape index (κ2) is 24.2. The summed E-state index contributed by atoms with van der Waals surface area (Å²) in [5.74, 6) is -4.46. The van der Waals surface area contributed by atoms with E-state index in [2.05, 4.69) is 5.32 Å². The van der Waals surface area contributed by atoms with Gasteiger partial charge in [0.25, 0.3) is 0 Å². The summed E-state index contributed by atoms with van der Waals surface area (Å²) in [5, 5.41) is 61.4. The smallest absolute Gasteiger partial charge is 0.408 e. The number of nitrogens with one attached hydrogen (secondary N) is 1. The number of likely N-dealkylation sites (N-methyl/N-ethyl adjacent to an activating group) is 2. The summed E-state index contributed by atoms with van der Waals surface area (Å²) < 4.78 is 29.3. The van der Waals surface area contributed by atoms with Gasteiger partial charge in [-0.25, -0.2) is 9.59 Å². The van der Waals surface area contributed by atoms with Gasteiger partial charge in [-0.15, -0.1) is 0 Å². The number of hydrogen-bond acceptors (Lipinski definition) is 15. The molecule has 66 heavy (non-hydrogen) atoms. The van der Waals surface area contributed by atoms with Gasteiger partial charge in [-0.05, 0) is 84.4 Å². The second-order valence-corrected chi connectivity index (χ2v) is 19.1. The molecule has 0 saturated carbocycles. The Bertz CT molecular complexity index is 1850. The number of aliphatic hydroxyl groups is 5. The Morgan fingerprint density at radius 3 is 2.06 bits per heavy atom. The number of esters is 2. The average Bonchev–Trinajstić information content (AvgIpc) is 3.28. The number of carbonyl (C=O) groups excluding carboxylic acids is 4. The van der Waals surface area contributed by atoms with Crippen LogP contribution in [0.2, 0.25) is 0 Å². The lowest BCUT2D eigenvalue weighted by molar-refractivity contribution is -0.299. The molecule has 2 aromatic carbocycles. The SMILES string of the molecule is CC[C@H]1OC(=O)[C@H](C)[C@@H](O)[C@H](C)[C@@H](O[C@@H]2O[C@H](C)C[C@H](N(C)C(=O)CC[C@@H](NC(=O)OCc3ccccc3)C(=O)OCc3ccccc3)[C@H]2O)[C@](C)(O)C[C@@H](C)CN(C)[C@H](C)[C@@H](O)[C@]1(C)O. The van der Waals surface area contributed by atoms with Gasteiger partial charge in [-0.3, -0.25) is 9.59 Å². The minimum atomic E-state index is -1.84. The standard InChI is InChI=1S/C49H75N3O14/c1-11-38-49(8,61)42(56)33(6)51(9)26-29(2)25-48(7,60)43(31(4)40(54)32(5)44(57)65-38)66-46-41(55)37(24-30(3)64-46)52(10)39(53)23-22-36(45(58)62-27-34-18-14-12-15-19-34)50-47(59)63-28-35-20-16-13-17-21-35/h12-21,29-33,36-38,40-43,46,54-56,60-61H,11,22-28H2,1-10H3,(H,50,59)/t29-,30-,31+,32-,33-,36-,37+,38-,40+,41-,42-,43-,46+,48-,49-/m1/s1. The Balaban J connectivity index is 1.53. The van der Waals surface area contributed by atoms with E-state index in [-0.39, 0.29) is 51.2 Å². The van der Waals surface area contributed by atoms with E-state index in [9.17, 15) is 44.7 Å². The van der Waals surface area contributed by atoms with E-state index in [0.717, 1.165) is 11.1 Å². The van der Waals surface area contributed by atoms with Crippen LogP contribution in [-0.4, -0.2) is 152 Å². The first-order chi connectivity index (χ1) is 31.0. The normalized spacial score (nSPS) is 34.4. The molecular weight excluding hydrogens is 855 g/mol. The molecule has 0 spiro atoms. The Kier molecular flexibility index (Phi) is 19.9. The van der Waals surface area contributed by atoms with Crippen LogP contribution in [0.1, 0.15) is 98.6 Å². The van der Waals surface area contributed by atoms with Crippen molar-refractivity contribution in [2.24, 2.45) is 17.8 Å². The summed E-state index contributed by atoms with van der Waals surface area (Å²) >= 11 is 0. The molecule has 15 atom stereocenters. The van der Waals surface area contributed by atoms with Crippen molar-refractivity contribution in [2.45, 2.75) is 173 Å². The molecule has 4 rings (SSSR count). The lowest BCUT2D eigenvalue weighted by atomic mass is 9.78. The maximum atomic E-state index is 13.9. The zero-order chi connectivity index (χ0) is 49.1. The maximum absolute atomic E-state index is 13.9. The van der Waals surface area contributed by atoms with Crippen LogP contribution < -0.4 is 5.32 Å². The molecule has 2 aliphatic heterocycles. The van der Waals surface area contributed by atoms with Crippen molar-refractivity contribution in [3.05, 3.63) is 71.8 Å². The Morgan fingerprint density at radius 2 is 1.48 bits per heavy atom. The first kappa shape index (κ1) is 54.4. The summed E-state index contributed by atoms with van der Waals surface area (Å²) in [6.45, 7) is 13.4. The van der Waals surface area contributed by atoms with Gasteiger partial charge >= 0.3 is 18.0 Å². The van der Waals surface area contributed by atoms with Crippen molar-refractivity contribution in [3.8, 4) is 0 Å². The molecular formula is C49H75N3O14. The fourth-order valence-corrected chi connectivity index (χ4v) is 9.22. The molecule has 0 unspecified atom stereocenters. The molecule has 6 N–H and O–H groups in total. The van der Waals surface area contributed by atoms with E-state index in [1.807, 2.05) is 24.0 Å². The Hall–Kier alpha value is -4.20. The quantitative estimate of drug-likeness (QED) is 0.124. The van der Waals surface area contributed by atoms with Gasteiger partial charge in [-0.1, -0.05) is 81.4 Å². The van der Waals surface area contributed by atoms with E-state index >= 15 is 0 Å². The largest absolute Gasteiger partial charge is 0.459 e. The molecule has 2 heterocycles. The van der Waals surface area contributed by atoms with Crippen molar-refractivity contribution in [1.82, 2.24) is 15.1 Å². The molecule has 2 aromatic rings. The Labute approximate surface area is 389 Å². The second-order valence-electron chi connectivity index (χ2n) is 19.1. The molecule has 2 amide bonds. The summed E-state index contributed by atoms with van der Waals surface area (Å²) in [6.07, 6.45) is -9.41. The maximum Gasteiger partial charge on any atom is 0.408 e. The van der Waals surface area contributed by atoms with Gasteiger partial charge in [0.15, 0.2) is 6.29 Å². The number of benzene rings is 2. The van der Waals surface area contributed by atoms with Crippen molar-refractivity contribution in [2.75, 3.05) is 20.6 Å². The number of ether oxygens (including phenoxy) is 5. The van der Waals surface area contributed by atoms with Crippen LogP contribution in [0.5, 0.6) is 0 Å². The van der Waals surface area contributed by atoms with Crippen LogP contribution >= 0.6 is 0 Å². The number of carbonyl (C=O) groups is 4. The highest BCUT2D eigenvalue weighted by Crippen LogP contribution is 2.37. The summed E-state index contributed by atoms with van der Waals surface area (Å²) in [4.78, 5) is 57.0. The minimum Gasteiger partial charge on any atom is -0.459 e. The van der Waals surface area contributed by atoms with Crippen molar-refractivity contribution >= 4 is 23.9 Å². The van der Waals surface area contributed by atoms with E-state index in [0.29, 0.717) is 6.54 Å². The number of hydrogen-bond donors (Lipinski definition) is 6. The number of cyclic esters (lactones) is 1. The first-order valence-corrected chi connectivity index (χ1v) is 23.1. The molecule has 2 saturated heterocycles. The highest BCUT2D eigenvalue weighted by molar-refractivity contribution is 5.83. The van der Waals surface area contributed by atoms with Crippen molar-refractivity contribution in [3.63, 3.8) is 0 Å². The summed E-state index contributed by atoms with van der Waals surface area (Å²) in [5.41, 5.74) is -2.08. The molecule has 2 fully saturated rings. The van der Waals surface area contributed by atoms with Crippen LogP contribution in [0.3, 0.4) is 0 Å². The van der Waals surface area contributed by atoms with Gasteiger partial charge < -0.3 is 64.3 Å². The third kappa shape index (κ3) is 14.4. The fourth-order valence-electron chi connectivity index (χ4n) is 9.22. The van der Waals surface area contributed by atoms with Gasteiger partial charge in [0.05, 0.1) is 35.9 Å². The topological polar surface area (TPSA) is 234 Å². The number of aliphatic hydroxyl groups excluding tert-OH is 3. The lowest BCUT2D eigenvalue weighted by Gasteiger charge is -2.47. The molecule has 0 aliphatic carbocycles. The molecule has 17 nitrogen and oxygen atoms in total. The number of amides is 2. The van der Waals surface area contributed by atoms with Crippen LogP contribution in [0, 0.1) is 17.8 Å². The van der Waals surface area contributed by atoms with E-state index in [1.165, 1.54) is 25.8 Å². The third-order valence-electron chi connectivity index (χ3n) is 13.4. The zero-order valence-corrected chi connectivity index (χ0v) is 40.2. The summed E-state index contributed by atoms with van der Waals surface area (Å²) in [7, 11) is 3.29. The molecule has 370 valence electrons. The summed E-state index contributed by atoms with van der Waals surface area (Å²) in [6, 6.07) is 15.3. The van der Waals surface area contributed by atoms with Crippen LogP contribution in [0.15, 0.2) is 60.7 Å². The highest BCUT2D eigenvalue weighted by atomic mass is 16.7. The molecule has 2 aliphatic rings. The highest BCUT2D eigenvalue weighted by Gasteiger charge is 2.50. The van der Waals surface area contributed by atoms with E-state index in [1.54, 1.807) is 90.2 Å². The number of nitrogens with zero attached hydrogens (tertiary/aromatic N) is 2. The third-order valence-corrected chi connectivity index (χ3v) is 13.4. The first-order valence-electron chi connectivity index (χ1n) is 23.1. The monoisotopic (exact) mass is 930 g/mol. The number of rotatable bonds is 13. The molecule has 0 aromatic heterocycles. The molecule has 0 radical (unpaired) electrons. The van der Waals surface area contributed by atoms with Crippen LogP contribution in [0.25, 0.3) is 0 Å². The number of alkyl carbamates (subject to hydrolysis) is 1. The van der Waals surface area contributed by atoms with Gasteiger partial charge in [0.1, 0.15) is 43.2 Å². The van der Waals surface area contributed by atoms with Crippen molar-refractivity contribution < 1.29 is 68.4 Å². The zero-order valence-electron chi connectivity index (χ0n) is 40.2. The fraction of sp³-hybridized carbons (Fsp3) is 0.673. The lowest BCUT2D eigenvalue weighted by Crippen LogP contribution is -2.60. The van der Waals surface area contributed by atoms with Gasteiger partial charge in [0.2, 0.25) is 5.91 Å². The molecule has 17 heteroatoms. The van der Waals surface area contributed by atoms with Gasteiger partial charge in [-0.2, -0.15) is 0 Å². The van der Waals surface area contributed by atoms with Crippen LogP contribution in [0.4, 0.5) is 4.79 Å². The Morgan fingerprint density at radius 1 is 0.909 bits per heavy atom. The van der Waals surface area contributed by atoms with E-state index < -0.39 is 108 Å². The van der Waals surface area contributed by atoms with Crippen LogP contribution in [-0.2, 0) is 51.3 Å². The van der Waals surface area contributed by atoms with E-state index in [4.69, 9.17) is 23.7 Å². The predicted octanol–water partition coefficient (Wildman–Crippen LogP) is 3.69.